The van der Waals surface area contributed by atoms with Gasteiger partial charge in [-0.15, -0.1) is 0 Å². The second-order valence-corrected chi connectivity index (χ2v) is 6.37. The molecular weight excluding hydrogens is 308 g/mol. The average molecular weight is 325 g/mol. The van der Waals surface area contributed by atoms with Crippen molar-refractivity contribution in [3.8, 4) is 0 Å². The first-order valence-electron chi connectivity index (χ1n) is 6.57. The molecule has 18 heavy (non-hydrogen) atoms. The van der Waals surface area contributed by atoms with E-state index in [-0.39, 0.29) is 0 Å². The number of fused-ring (bicyclic) bond motifs is 1. The lowest BCUT2D eigenvalue weighted by molar-refractivity contribution is 0.455. The summed E-state index contributed by atoms with van der Waals surface area (Å²) in [6.45, 7) is 1.18. The highest BCUT2D eigenvalue weighted by Crippen LogP contribution is 2.35. The second-order valence-electron chi connectivity index (χ2n) is 4.83. The van der Waals surface area contributed by atoms with Crippen LogP contribution in [0.5, 0.6) is 0 Å². The van der Waals surface area contributed by atoms with Crippen LogP contribution in [-0.2, 0) is 0 Å². The zero-order valence-corrected chi connectivity index (χ0v) is 12.7. The maximum absolute atomic E-state index is 4.58. The second kappa shape index (κ2) is 5.57. The van der Waals surface area contributed by atoms with E-state index in [0.717, 1.165) is 10.8 Å². The number of alkyl halides is 1. The third-order valence-corrected chi connectivity index (χ3v) is 5.07. The molecule has 96 valence electrons. The summed E-state index contributed by atoms with van der Waals surface area (Å²) in [5, 5.41) is 3.78. The lowest BCUT2D eigenvalue weighted by Crippen LogP contribution is -2.39. The van der Waals surface area contributed by atoms with Crippen molar-refractivity contribution in [1.82, 2.24) is 4.37 Å². The molecule has 1 unspecified atom stereocenters. The number of hydrogen-bond donors (Lipinski definition) is 0. The molecule has 0 saturated carbocycles. The van der Waals surface area contributed by atoms with E-state index < -0.39 is 0 Å². The molecule has 1 fully saturated rings. The van der Waals surface area contributed by atoms with Crippen molar-refractivity contribution in [2.75, 3.05) is 16.8 Å². The molecule has 0 bridgehead atoms. The molecule has 1 aliphatic rings. The summed E-state index contributed by atoms with van der Waals surface area (Å²) in [6.07, 6.45) is 5.22. The van der Waals surface area contributed by atoms with Gasteiger partial charge in [0.05, 0.1) is 5.52 Å². The molecule has 0 N–H and O–H groups in total. The fourth-order valence-corrected chi connectivity index (χ4v) is 4.27. The topological polar surface area (TPSA) is 16.1 Å². The molecule has 1 atom stereocenters. The van der Waals surface area contributed by atoms with Crippen LogP contribution in [0.4, 0.5) is 5.00 Å². The summed E-state index contributed by atoms with van der Waals surface area (Å²) in [5.74, 6) is 0. The Bertz CT molecular complexity index is 523. The lowest BCUT2D eigenvalue weighted by Gasteiger charge is -2.36. The Morgan fingerprint density at radius 3 is 3.11 bits per heavy atom. The van der Waals surface area contributed by atoms with Crippen molar-refractivity contribution in [1.29, 1.82) is 0 Å². The van der Waals surface area contributed by atoms with E-state index in [1.807, 2.05) is 0 Å². The molecule has 2 heterocycles. The van der Waals surface area contributed by atoms with Crippen molar-refractivity contribution in [2.24, 2.45) is 0 Å². The fourth-order valence-electron chi connectivity index (χ4n) is 2.78. The van der Waals surface area contributed by atoms with Gasteiger partial charge in [-0.25, -0.2) is 0 Å². The molecule has 0 radical (unpaired) electrons. The van der Waals surface area contributed by atoms with E-state index in [9.17, 15) is 0 Å². The average Bonchev–Trinajstić information content (AvgIpc) is 2.84. The monoisotopic (exact) mass is 324 g/mol. The molecule has 0 spiro atoms. The van der Waals surface area contributed by atoms with Gasteiger partial charge in [-0.05, 0) is 49.3 Å². The van der Waals surface area contributed by atoms with Crippen LogP contribution in [0, 0.1) is 0 Å². The van der Waals surface area contributed by atoms with Gasteiger partial charge in [0.2, 0.25) is 0 Å². The zero-order chi connectivity index (χ0) is 12.4. The third kappa shape index (κ3) is 2.28. The van der Waals surface area contributed by atoms with Crippen LogP contribution >= 0.6 is 27.5 Å². The van der Waals surface area contributed by atoms with Gasteiger partial charge in [0.15, 0.2) is 0 Å². The van der Waals surface area contributed by atoms with Gasteiger partial charge in [0.25, 0.3) is 0 Å². The normalized spacial score (nSPS) is 20.5. The van der Waals surface area contributed by atoms with Gasteiger partial charge in [0, 0.05) is 23.3 Å². The molecule has 2 aromatic rings. The number of aromatic nitrogens is 1. The van der Waals surface area contributed by atoms with Crippen molar-refractivity contribution in [2.45, 2.75) is 31.7 Å². The first kappa shape index (κ1) is 12.4. The van der Waals surface area contributed by atoms with E-state index >= 15 is 0 Å². The quantitative estimate of drug-likeness (QED) is 0.776. The highest BCUT2D eigenvalue weighted by molar-refractivity contribution is 9.09. The standard InChI is InChI=1S/C14H17BrN2S/c15-9-8-11-5-3-4-10-17(11)14-12-6-1-2-7-13(12)16-18-14/h1-2,6-7,11H,3-5,8-10H2. The van der Waals surface area contributed by atoms with Crippen LogP contribution in [0.25, 0.3) is 10.9 Å². The molecule has 3 rings (SSSR count). The highest BCUT2D eigenvalue weighted by Gasteiger charge is 2.24. The maximum atomic E-state index is 4.58. The van der Waals surface area contributed by atoms with Gasteiger partial charge < -0.3 is 4.90 Å². The Morgan fingerprint density at radius 1 is 1.33 bits per heavy atom. The van der Waals surface area contributed by atoms with Crippen LogP contribution in [0.3, 0.4) is 0 Å². The smallest absolute Gasteiger partial charge is 0.120 e. The Hall–Kier alpha value is -0.610. The third-order valence-electron chi connectivity index (χ3n) is 3.70. The highest BCUT2D eigenvalue weighted by atomic mass is 79.9. The van der Waals surface area contributed by atoms with E-state index in [0.29, 0.717) is 6.04 Å². The fraction of sp³-hybridized carbons (Fsp3) is 0.500. The number of rotatable bonds is 3. The number of halogens is 1. The number of benzene rings is 1. The molecule has 0 amide bonds. The van der Waals surface area contributed by atoms with Gasteiger partial charge >= 0.3 is 0 Å². The Balaban J connectivity index is 1.96. The Morgan fingerprint density at radius 2 is 2.22 bits per heavy atom. The van der Waals surface area contributed by atoms with Crippen LogP contribution in [0.2, 0.25) is 0 Å². The van der Waals surface area contributed by atoms with Gasteiger partial charge in [-0.3, -0.25) is 0 Å². The first-order chi connectivity index (χ1) is 8.90. The summed E-state index contributed by atoms with van der Waals surface area (Å²) in [4.78, 5) is 2.59. The molecule has 0 aliphatic carbocycles. The van der Waals surface area contributed by atoms with E-state index in [2.05, 4.69) is 49.5 Å². The zero-order valence-electron chi connectivity index (χ0n) is 10.3. The van der Waals surface area contributed by atoms with Gasteiger partial charge in [0.1, 0.15) is 5.00 Å². The summed E-state index contributed by atoms with van der Waals surface area (Å²) in [7, 11) is 0. The summed E-state index contributed by atoms with van der Waals surface area (Å²) >= 11 is 5.25. The van der Waals surface area contributed by atoms with Crippen molar-refractivity contribution in [3.63, 3.8) is 0 Å². The van der Waals surface area contributed by atoms with Crippen LogP contribution < -0.4 is 4.90 Å². The summed E-state index contributed by atoms with van der Waals surface area (Å²) in [6, 6.07) is 9.18. The SMILES string of the molecule is BrCCC1CCCCN1c1snc2ccccc12. The molecule has 1 saturated heterocycles. The molecule has 2 nitrogen and oxygen atoms in total. The van der Waals surface area contributed by atoms with E-state index in [1.54, 1.807) is 11.5 Å². The van der Waals surface area contributed by atoms with Crippen molar-refractivity contribution < 1.29 is 0 Å². The Labute approximate surface area is 120 Å². The summed E-state index contributed by atoms with van der Waals surface area (Å²) < 4.78 is 4.58. The maximum Gasteiger partial charge on any atom is 0.120 e. The van der Waals surface area contributed by atoms with E-state index in [1.165, 1.54) is 42.6 Å². The van der Waals surface area contributed by atoms with Gasteiger partial charge in [-0.1, -0.05) is 28.1 Å². The minimum atomic E-state index is 0.682. The summed E-state index contributed by atoms with van der Waals surface area (Å²) in [5.41, 5.74) is 1.14. The van der Waals surface area contributed by atoms with Crippen molar-refractivity contribution in [3.05, 3.63) is 24.3 Å². The predicted octanol–water partition coefficient (Wildman–Crippen LogP) is 4.44. The Kier molecular flexibility index (Phi) is 3.85. The van der Waals surface area contributed by atoms with E-state index in [4.69, 9.17) is 0 Å². The predicted molar refractivity (Wildman–Crippen MR) is 83.0 cm³/mol. The number of piperidine rings is 1. The van der Waals surface area contributed by atoms with Crippen LogP contribution in [0.15, 0.2) is 24.3 Å². The van der Waals surface area contributed by atoms with Crippen molar-refractivity contribution >= 4 is 43.4 Å². The number of anilines is 1. The molecule has 1 aromatic carbocycles. The largest absolute Gasteiger partial charge is 0.359 e. The number of hydrogen-bond acceptors (Lipinski definition) is 3. The molecule has 4 heteroatoms. The molecular formula is C14H17BrN2S. The first-order valence-corrected chi connectivity index (χ1v) is 8.46. The van der Waals surface area contributed by atoms with Crippen LogP contribution in [0.1, 0.15) is 25.7 Å². The minimum absolute atomic E-state index is 0.682. The lowest BCUT2D eigenvalue weighted by atomic mass is 10.00. The molecule has 1 aliphatic heterocycles. The van der Waals surface area contributed by atoms with Gasteiger partial charge in [-0.2, -0.15) is 4.37 Å². The minimum Gasteiger partial charge on any atom is -0.359 e. The van der Waals surface area contributed by atoms with Crippen LogP contribution in [-0.4, -0.2) is 22.3 Å². The molecule has 1 aromatic heterocycles. The number of nitrogens with zero attached hydrogens (tertiary/aromatic N) is 2.